The van der Waals surface area contributed by atoms with Gasteiger partial charge in [-0.05, 0) is 25.1 Å². The monoisotopic (exact) mass is 383 g/mol. The summed E-state index contributed by atoms with van der Waals surface area (Å²) >= 11 is 0. The number of fused-ring (bicyclic) bond motifs is 1. The molecule has 1 saturated heterocycles. The highest BCUT2D eigenvalue weighted by Gasteiger charge is 2.27. The number of halogens is 1. The lowest BCUT2D eigenvalue weighted by Gasteiger charge is -2.38. The number of hydrogen-bond donors (Lipinski definition) is 1. The third-order valence-corrected chi connectivity index (χ3v) is 5.14. The highest BCUT2D eigenvalue weighted by molar-refractivity contribution is 5.94. The minimum atomic E-state index is -0.370. The summed E-state index contributed by atoms with van der Waals surface area (Å²) in [7, 11) is 1.86. The van der Waals surface area contributed by atoms with Crippen LogP contribution in [0.25, 0.3) is 11.0 Å². The van der Waals surface area contributed by atoms with E-state index < -0.39 is 0 Å². The largest absolute Gasteiger partial charge is 0.353 e. The summed E-state index contributed by atoms with van der Waals surface area (Å²) in [5.41, 5.74) is 1.27. The van der Waals surface area contributed by atoms with Gasteiger partial charge in [-0.25, -0.2) is 14.4 Å². The maximum atomic E-state index is 13.3. The maximum absolute atomic E-state index is 13.3. The van der Waals surface area contributed by atoms with Crippen LogP contribution >= 0.6 is 0 Å². The van der Waals surface area contributed by atoms with Crippen molar-refractivity contribution in [2.45, 2.75) is 13.0 Å². The van der Waals surface area contributed by atoms with E-state index in [4.69, 9.17) is 0 Å². The van der Waals surface area contributed by atoms with Crippen LogP contribution in [0.3, 0.4) is 0 Å². The van der Waals surface area contributed by atoms with Gasteiger partial charge in [0.2, 0.25) is 5.91 Å². The number of nitrogens with one attached hydrogen (secondary N) is 1. The third-order valence-electron chi connectivity index (χ3n) is 5.14. The molecule has 28 heavy (non-hydrogen) atoms. The lowest BCUT2D eigenvalue weighted by molar-refractivity contribution is -0.120. The number of carbonyl (C=O) groups excluding carboxylic acids is 1. The van der Waals surface area contributed by atoms with E-state index in [1.54, 1.807) is 29.3 Å². The Bertz CT molecular complexity index is 997. The molecule has 0 saturated carbocycles. The fraction of sp³-hybridized carbons (Fsp3) is 0.368. The average Bonchev–Trinajstić information content (AvgIpc) is 3.09. The van der Waals surface area contributed by atoms with Gasteiger partial charge in [0, 0.05) is 38.9 Å². The zero-order chi connectivity index (χ0) is 19.7. The maximum Gasteiger partial charge on any atom is 0.241 e. The number of carbonyl (C=O) groups is 1. The van der Waals surface area contributed by atoms with Crippen molar-refractivity contribution >= 4 is 28.4 Å². The first kappa shape index (κ1) is 18.3. The zero-order valence-corrected chi connectivity index (χ0v) is 15.8. The number of amides is 1. The van der Waals surface area contributed by atoms with Crippen molar-refractivity contribution in [1.29, 1.82) is 0 Å². The van der Waals surface area contributed by atoms with E-state index in [0.717, 1.165) is 43.0 Å². The number of anilines is 2. The first-order valence-electron chi connectivity index (χ1n) is 9.21. The molecule has 4 rings (SSSR count). The van der Waals surface area contributed by atoms with Gasteiger partial charge in [-0.3, -0.25) is 14.4 Å². The molecule has 8 nitrogen and oxygen atoms in total. The second-order valence-electron chi connectivity index (χ2n) is 6.90. The lowest BCUT2D eigenvalue weighted by atomic mass is 10.2. The molecular formula is C19H22FN7O. The number of benzene rings is 1. The molecule has 0 radical (unpaired) electrons. The minimum Gasteiger partial charge on any atom is -0.353 e. The SMILES string of the molecule is CC(C(=O)Nc1cccc(F)c1)N1CCN(c2ncnc3c2cnn3C)CC1. The normalized spacial score (nSPS) is 16.3. The summed E-state index contributed by atoms with van der Waals surface area (Å²) in [5.74, 6) is 0.357. The summed E-state index contributed by atoms with van der Waals surface area (Å²) in [6.45, 7) is 4.82. The summed E-state index contributed by atoms with van der Waals surface area (Å²) in [5, 5.41) is 7.97. The molecule has 1 aliphatic rings. The van der Waals surface area contributed by atoms with Crippen molar-refractivity contribution in [1.82, 2.24) is 24.6 Å². The fourth-order valence-corrected chi connectivity index (χ4v) is 3.50. The zero-order valence-electron chi connectivity index (χ0n) is 15.8. The predicted molar refractivity (Wildman–Crippen MR) is 105 cm³/mol. The van der Waals surface area contributed by atoms with Crippen LogP contribution in [-0.2, 0) is 11.8 Å². The van der Waals surface area contributed by atoms with E-state index in [9.17, 15) is 9.18 Å². The Hall–Kier alpha value is -3.07. The van der Waals surface area contributed by atoms with Gasteiger partial charge in [-0.2, -0.15) is 5.10 Å². The van der Waals surface area contributed by atoms with Gasteiger partial charge in [-0.1, -0.05) is 6.07 Å². The number of hydrogen-bond acceptors (Lipinski definition) is 6. The minimum absolute atomic E-state index is 0.143. The van der Waals surface area contributed by atoms with Crippen LogP contribution in [0.4, 0.5) is 15.9 Å². The van der Waals surface area contributed by atoms with Crippen molar-refractivity contribution in [2.75, 3.05) is 36.4 Å². The first-order chi connectivity index (χ1) is 13.5. The topological polar surface area (TPSA) is 79.2 Å². The highest BCUT2D eigenvalue weighted by atomic mass is 19.1. The van der Waals surface area contributed by atoms with Crippen molar-refractivity contribution in [2.24, 2.45) is 7.05 Å². The molecule has 0 bridgehead atoms. The molecule has 0 aliphatic carbocycles. The summed E-state index contributed by atoms with van der Waals surface area (Å²) in [4.78, 5) is 25.6. The molecule has 1 aromatic carbocycles. The van der Waals surface area contributed by atoms with Crippen molar-refractivity contribution in [3.8, 4) is 0 Å². The number of rotatable bonds is 4. The molecule has 146 valence electrons. The van der Waals surface area contributed by atoms with Crippen LogP contribution in [0.1, 0.15) is 6.92 Å². The Kier molecular flexibility index (Phi) is 4.91. The second-order valence-corrected chi connectivity index (χ2v) is 6.90. The molecule has 2 aromatic heterocycles. The molecule has 1 unspecified atom stereocenters. The molecular weight excluding hydrogens is 361 g/mol. The van der Waals surface area contributed by atoms with Gasteiger partial charge in [0.15, 0.2) is 5.65 Å². The van der Waals surface area contributed by atoms with Crippen LogP contribution in [0.2, 0.25) is 0 Å². The lowest BCUT2D eigenvalue weighted by Crippen LogP contribution is -2.53. The molecule has 9 heteroatoms. The second kappa shape index (κ2) is 7.51. The fourth-order valence-electron chi connectivity index (χ4n) is 3.50. The van der Waals surface area contributed by atoms with Crippen LogP contribution < -0.4 is 10.2 Å². The molecule has 1 aliphatic heterocycles. The quantitative estimate of drug-likeness (QED) is 0.738. The summed E-state index contributed by atoms with van der Waals surface area (Å²) in [6, 6.07) is 5.62. The molecule has 1 atom stereocenters. The smallest absolute Gasteiger partial charge is 0.241 e. The Morgan fingerprint density at radius 2 is 2.00 bits per heavy atom. The van der Waals surface area contributed by atoms with Gasteiger partial charge in [0.05, 0.1) is 17.6 Å². The van der Waals surface area contributed by atoms with E-state index in [2.05, 4.69) is 30.2 Å². The predicted octanol–water partition coefficient (Wildman–Crippen LogP) is 1.65. The van der Waals surface area contributed by atoms with Gasteiger partial charge >= 0.3 is 0 Å². The Balaban J connectivity index is 1.40. The van der Waals surface area contributed by atoms with E-state index in [1.165, 1.54) is 12.1 Å². The standard InChI is InChI=1S/C19H22FN7O/c1-13(19(28)24-15-5-3-4-14(20)10-15)26-6-8-27(9-7-26)18-16-11-23-25(2)17(16)21-12-22-18/h3-5,10-13H,6-9H2,1-2H3,(H,24,28). The molecule has 3 heterocycles. The van der Waals surface area contributed by atoms with Gasteiger partial charge in [0.1, 0.15) is 18.0 Å². The van der Waals surface area contributed by atoms with Gasteiger partial charge in [-0.15, -0.1) is 0 Å². The average molecular weight is 383 g/mol. The highest BCUT2D eigenvalue weighted by Crippen LogP contribution is 2.23. The van der Waals surface area contributed by atoms with Crippen molar-refractivity contribution in [3.05, 3.63) is 42.6 Å². The van der Waals surface area contributed by atoms with Crippen LogP contribution in [-0.4, -0.2) is 62.8 Å². The van der Waals surface area contributed by atoms with Gasteiger partial charge < -0.3 is 10.2 Å². The van der Waals surface area contributed by atoms with Gasteiger partial charge in [0.25, 0.3) is 0 Å². The van der Waals surface area contributed by atoms with Crippen molar-refractivity contribution < 1.29 is 9.18 Å². The molecule has 3 aromatic rings. The van der Waals surface area contributed by atoms with Crippen LogP contribution in [0.5, 0.6) is 0 Å². The summed E-state index contributed by atoms with van der Waals surface area (Å²) < 4.78 is 15.0. The van der Waals surface area contributed by atoms with Crippen LogP contribution in [0, 0.1) is 5.82 Å². The molecule has 1 amide bonds. The van der Waals surface area contributed by atoms with E-state index in [1.807, 2.05) is 14.0 Å². The van der Waals surface area contributed by atoms with Crippen molar-refractivity contribution in [3.63, 3.8) is 0 Å². The van der Waals surface area contributed by atoms with E-state index in [0.29, 0.717) is 5.69 Å². The Morgan fingerprint density at radius 3 is 2.75 bits per heavy atom. The van der Waals surface area contributed by atoms with E-state index >= 15 is 0 Å². The number of aryl methyl sites for hydroxylation is 1. The molecule has 1 N–H and O–H groups in total. The number of aromatic nitrogens is 4. The number of nitrogens with zero attached hydrogens (tertiary/aromatic N) is 6. The Labute approximate surface area is 162 Å². The third kappa shape index (κ3) is 3.53. The van der Waals surface area contributed by atoms with Crippen LogP contribution in [0.15, 0.2) is 36.8 Å². The number of piperazine rings is 1. The summed E-state index contributed by atoms with van der Waals surface area (Å²) in [6.07, 6.45) is 3.34. The Morgan fingerprint density at radius 1 is 1.21 bits per heavy atom. The molecule has 0 spiro atoms. The van der Waals surface area contributed by atoms with E-state index in [-0.39, 0.29) is 17.8 Å². The first-order valence-corrected chi connectivity index (χ1v) is 9.21. The molecule has 1 fully saturated rings.